The van der Waals surface area contributed by atoms with Crippen molar-refractivity contribution < 1.29 is 17.9 Å². The lowest BCUT2D eigenvalue weighted by molar-refractivity contribution is -0.146. The van der Waals surface area contributed by atoms with E-state index >= 15 is 0 Å². The summed E-state index contributed by atoms with van der Waals surface area (Å²) in [5, 5.41) is 0. The van der Waals surface area contributed by atoms with Crippen molar-refractivity contribution in [3.63, 3.8) is 0 Å². The standard InChI is InChI=1S/C32H39F3N6O/c1-20-9-10-22(30(2,3)4)17-21(20)18-25-26-27(37-28(39(26)7)32(33,34)35)38-29(36-25)40-15-16-41(31(5,6)19-40)23-11-13-24(42-8)14-12-23/h9-14,17H,15-16,18-19H2,1-8H3. The van der Waals surface area contributed by atoms with Crippen LogP contribution in [0.1, 0.15) is 62.8 Å². The second-order valence-corrected chi connectivity index (χ2v) is 12.8. The number of methoxy groups -OCH3 is 1. The van der Waals surface area contributed by atoms with Crippen LogP contribution in [0.15, 0.2) is 42.5 Å². The van der Waals surface area contributed by atoms with Gasteiger partial charge in [0.2, 0.25) is 11.8 Å². The van der Waals surface area contributed by atoms with E-state index in [2.05, 4.69) is 72.6 Å². The van der Waals surface area contributed by atoms with Crippen LogP contribution < -0.4 is 14.5 Å². The van der Waals surface area contributed by atoms with E-state index in [1.165, 1.54) is 7.05 Å². The lowest BCUT2D eigenvalue weighted by Crippen LogP contribution is -2.60. The minimum atomic E-state index is -4.61. The highest BCUT2D eigenvalue weighted by molar-refractivity contribution is 5.77. The Morgan fingerprint density at radius 2 is 1.64 bits per heavy atom. The van der Waals surface area contributed by atoms with Crippen molar-refractivity contribution in [1.29, 1.82) is 0 Å². The van der Waals surface area contributed by atoms with Gasteiger partial charge in [-0.15, -0.1) is 0 Å². The Labute approximate surface area is 245 Å². The van der Waals surface area contributed by atoms with Gasteiger partial charge < -0.3 is 19.1 Å². The Balaban J connectivity index is 1.56. The van der Waals surface area contributed by atoms with Crippen LogP contribution in [0.3, 0.4) is 0 Å². The van der Waals surface area contributed by atoms with Crippen LogP contribution in [0, 0.1) is 6.92 Å². The molecular formula is C32H39F3N6O. The number of rotatable bonds is 5. The van der Waals surface area contributed by atoms with E-state index in [4.69, 9.17) is 9.72 Å². The van der Waals surface area contributed by atoms with Gasteiger partial charge in [-0.3, -0.25) is 0 Å². The van der Waals surface area contributed by atoms with Gasteiger partial charge in [0, 0.05) is 38.8 Å². The lowest BCUT2D eigenvalue weighted by atomic mass is 9.84. The summed E-state index contributed by atoms with van der Waals surface area (Å²) in [7, 11) is 3.03. The predicted molar refractivity (Wildman–Crippen MR) is 161 cm³/mol. The molecule has 42 heavy (non-hydrogen) atoms. The van der Waals surface area contributed by atoms with Crippen LogP contribution in [0.5, 0.6) is 5.75 Å². The lowest BCUT2D eigenvalue weighted by Gasteiger charge is -2.48. The van der Waals surface area contributed by atoms with Gasteiger partial charge in [0.1, 0.15) is 11.3 Å². The molecule has 1 aliphatic heterocycles. The third-order valence-electron chi connectivity index (χ3n) is 8.19. The topological polar surface area (TPSA) is 59.3 Å². The maximum absolute atomic E-state index is 13.9. The number of imidazole rings is 1. The van der Waals surface area contributed by atoms with Crippen LogP contribution in [-0.4, -0.2) is 51.8 Å². The molecule has 0 radical (unpaired) electrons. The molecule has 0 amide bonds. The quantitative estimate of drug-likeness (QED) is 0.262. The molecule has 0 aliphatic carbocycles. The van der Waals surface area contributed by atoms with E-state index in [1.807, 2.05) is 31.2 Å². The molecule has 4 aromatic rings. The Morgan fingerprint density at radius 1 is 0.952 bits per heavy atom. The highest BCUT2D eigenvalue weighted by Gasteiger charge is 2.39. The Kier molecular flexibility index (Phi) is 7.39. The normalized spacial score (nSPS) is 15.9. The van der Waals surface area contributed by atoms with Crippen LogP contribution >= 0.6 is 0 Å². The van der Waals surface area contributed by atoms with Gasteiger partial charge in [0.25, 0.3) is 0 Å². The average Bonchev–Trinajstić information content (AvgIpc) is 3.26. The molecule has 0 spiro atoms. The number of benzene rings is 2. The van der Waals surface area contributed by atoms with Crippen molar-refractivity contribution in [1.82, 2.24) is 19.5 Å². The van der Waals surface area contributed by atoms with E-state index in [0.29, 0.717) is 43.2 Å². The van der Waals surface area contributed by atoms with Crippen molar-refractivity contribution >= 4 is 22.8 Å². The van der Waals surface area contributed by atoms with E-state index in [0.717, 1.165) is 32.7 Å². The first-order valence-electron chi connectivity index (χ1n) is 14.2. The molecule has 1 saturated heterocycles. The molecular weight excluding hydrogens is 541 g/mol. The fourth-order valence-corrected chi connectivity index (χ4v) is 5.77. The highest BCUT2D eigenvalue weighted by Crippen LogP contribution is 2.35. The van der Waals surface area contributed by atoms with Crippen molar-refractivity contribution in [2.24, 2.45) is 7.05 Å². The number of alkyl halides is 3. The third kappa shape index (κ3) is 5.63. The number of halogens is 3. The molecule has 10 heteroatoms. The fraction of sp³-hybridized carbons (Fsp3) is 0.469. The molecule has 7 nitrogen and oxygen atoms in total. The summed E-state index contributed by atoms with van der Waals surface area (Å²) in [6.45, 7) is 14.6. The summed E-state index contributed by atoms with van der Waals surface area (Å²) in [5.41, 5.74) is 4.84. The van der Waals surface area contributed by atoms with Crippen molar-refractivity contribution in [3.05, 3.63) is 70.7 Å². The van der Waals surface area contributed by atoms with Crippen LogP contribution in [0.2, 0.25) is 0 Å². The Bertz CT molecular complexity index is 1600. The van der Waals surface area contributed by atoms with E-state index < -0.39 is 12.0 Å². The number of aryl methyl sites for hydroxylation is 2. The summed E-state index contributed by atoms with van der Waals surface area (Å²) in [4.78, 5) is 17.9. The molecule has 2 aromatic carbocycles. The van der Waals surface area contributed by atoms with Crippen molar-refractivity contribution in [2.45, 2.75) is 65.1 Å². The first-order chi connectivity index (χ1) is 19.6. The van der Waals surface area contributed by atoms with Crippen LogP contribution in [-0.2, 0) is 25.1 Å². The van der Waals surface area contributed by atoms with Gasteiger partial charge in [0.15, 0.2) is 5.65 Å². The second kappa shape index (κ2) is 10.5. The number of hydrogen-bond acceptors (Lipinski definition) is 6. The van der Waals surface area contributed by atoms with E-state index in [-0.39, 0.29) is 16.6 Å². The maximum atomic E-state index is 13.9. The average molecular weight is 581 g/mol. The minimum Gasteiger partial charge on any atom is -0.497 e. The number of piperazine rings is 1. The Hall–Kier alpha value is -3.82. The zero-order valence-electron chi connectivity index (χ0n) is 25.6. The summed E-state index contributed by atoms with van der Waals surface area (Å²) in [5.74, 6) is 0.215. The molecule has 3 heterocycles. The fourth-order valence-electron chi connectivity index (χ4n) is 5.77. The molecule has 1 fully saturated rings. The molecule has 5 rings (SSSR count). The molecule has 2 aromatic heterocycles. The van der Waals surface area contributed by atoms with Gasteiger partial charge >= 0.3 is 6.18 Å². The van der Waals surface area contributed by atoms with Crippen LogP contribution in [0.4, 0.5) is 24.8 Å². The first-order valence-corrected chi connectivity index (χ1v) is 14.2. The summed E-state index contributed by atoms with van der Waals surface area (Å²) in [6.07, 6.45) is -4.24. The molecule has 0 atom stereocenters. The number of hydrogen-bond donors (Lipinski definition) is 0. The van der Waals surface area contributed by atoms with Gasteiger partial charge in [-0.05, 0) is 67.1 Å². The van der Waals surface area contributed by atoms with E-state index in [9.17, 15) is 13.2 Å². The minimum absolute atomic E-state index is 0.0600. The van der Waals surface area contributed by atoms with Crippen molar-refractivity contribution in [3.8, 4) is 5.75 Å². The largest absolute Gasteiger partial charge is 0.497 e. The molecule has 0 N–H and O–H groups in total. The number of ether oxygens (including phenoxy) is 1. The summed E-state index contributed by atoms with van der Waals surface area (Å²) < 4.78 is 48.2. The molecule has 0 unspecified atom stereocenters. The smallest absolute Gasteiger partial charge is 0.449 e. The van der Waals surface area contributed by atoms with Gasteiger partial charge in [-0.25, -0.2) is 9.97 Å². The van der Waals surface area contributed by atoms with Crippen molar-refractivity contribution in [2.75, 3.05) is 36.5 Å². The number of anilines is 2. The SMILES string of the molecule is COc1ccc(N2CCN(c3nc(Cc4cc(C(C)(C)C)ccc4C)c4c(n3)nc(C(F)(F)F)n4C)CC2(C)C)cc1. The number of fused-ring (bicyclic) bond motifs is 1. The summed E-state index contributed by atoms with van der Waals surface area (Å²) in [6, 6.07) is 14.3. The van der Waals surface area contributed by atoms with Gasteiger partial charge in [-0.2, -0.15) is 18.2 Å². The zero-order valence-corrected chi connectivity index (χ0v) is 25.6. The zero-order chi connectivity index (χ0) is 30.6. The van der Waals surface area contributed by atoms with E-state index in [1.54, 1.807) is 7.11 Å². The molecule has 0 bridgehead atoms. The number of nitrogens with zero attached hydrogens (tertiary/aromatic N) is 6. The molecule has 1 aliphatic rings. The first kappa shape index (κ1) is 29.7. The molecule has 0 saturated carbocycles. The Morgan fingerprint density at radius 3 is 2.24 bits per heavy atom. The van der Waals surface area contributed by atoms with Gasteiger partial charge in [0.05, 0.1) is 18.3 Å². The molecule has 224 valence electrons. The number of aromatic nitrogens is 4. The third-order valence-corrected chi connectivity index (χ3v) is 8.19. The second-order valence-electron chi connectivity index (χ2n) is 12.8. The monoisotopic (exact) mass is 580 g/mol. The predicted octanol–water partition coefficient (Wildman–Crippen LogP) is 6.69. The maximum Gasteiger partial charge on any atom is 0.449 e. The van der Waals surface area contributed by atoms with Gasteiger partial charge in [-0.1, -0.05) is 39.0 Å². The van der Waals surface area contributed by atoms with Crippen LogP contribution in [0.25, 0.3) is 11.2 Å². The summed E-state index contributed by atoms with van der Waals surface area (Å²) >= 11 is 0. The highest BCUT2D eigenvalue weighted by atomic mass is 19.4.